The molecule has 2 nitrogen and oxygen atoms in total. The van der Waals surface area contributed by atoms with Crippen molar-refractivity contribution in [1.82, 2.24) is 0 Å². The van der Waals surface area contributed by atoms with Gasteiger partial charge in [-0.1, -0.05) is 60.7 Å². The molecular weight excluding hydrogens is 244 g/mol. The van der Waals surface area contributed by atoms with E-state index in [-0.39, 0.29) is 12.1 Å². The molecule has 2 aromatic rings. The second kappa shape index (κ2) is 4.44. The van der Waals surface area contributed by atoms with Crippen LogP contribution < -0.4 is 11.5 Å². The molecule has 2 saturated carbocycles. The molecule has 2 heteroatoms. The molecule has 0 aliphatic heterocycles. The fourth-order valence-electron chi connectivity index (χ4n) is 3.95. The standard InChI is InChI=1S/C18H20N2/c19-17-13(11-7-3-1-4-8-11)15(17)16-14(18(16)20)12-9-5-2-6-10-12/h1-10,13-18H,19-20H2/t13-,14+,15?,16?,17+,18-. The number of rotatable bonds is 3. The molecule has 4 N–H and O–H groups in total. The molecule has 102 valence electrons. The largest absolute Gasteiger partial charge is 0.327 e. The molecule has 0 heterocycles. The highest BCUT2D eigenvalue weighted by molar-refractivity contribution is 5.39. The highest BCUT2D eigenvalue weighted by Gasteiger charge is 2.64. The van der Waals surface area contributed by atoms with Crippen LogP contribution in [0.3, 0.4) is 0 Å². The minimum absolute atomic E-state index is 0.280. The maximum absolute atomic E-state index is 6.33. The lowest BCUT2D eigenvalue weighted by molar-refractivity contribution is 0.634. The lowest BCUT2D eigenvalue weighted by Crippen LogP contribution is -2.08. The Hall–Kier alpha value is -1.64. The molecule has 2 aliphatic carbocycles. The highest BCUT2D eigenvalue weighted by Crippen LogP contribution is 2.63. The molecule has 0 saturated heterocycles. The second-order valence-electron chi connectivity index (χ2n) is 6.18. The van der Waals surface area contributed by atoms with Crippen LogP contribution in [0.2, 0.25) is 0 Å². The molecule has 2 aliphatic rings. The van der Waals surface area contributed by atoms with E-state index in [4.69, 9.17) is 11.5 Å². The van der Waals surface area contributed by atoms with Crippen molar-refractivity contribution >= 4 is 0 Å². The fourth-order valence-corrected chi connectivity index (χ4v) is 3.95. The zero-order chi connectivity index (χ0) is 13.7. The van der Waals surface area contributed by atoms with Crippen molar-refractivity contribution in [3.63, 3.8) is 0 Å². The van der Waals surface area contributed by atoms with Crippen molar-refractivity contribution in [2.45, 2.75) is 23.9 Å². The Morgan fingerprint density at radius 3 is 1.25 bits per heavy atom. The summed E-state index contributed by atoms with van der Waals surface area (Å²) in [5.41, 5.74) is 15.4. The molecule has 0 amide bonds. The lowest BCUT2D eigenvalue weighted by atomic mass is 10.0. The van der Waals surface area contributed by atoms with Gasteiger partial charge in [0.05, 0.1) is 0 Å². The summed E-state index contributed by atoms with van der Waals surface area (Å²) in [5, 5.41) is 0. The maximum Gasteiger partial charge on any atom is 0.0150 e. The summed E-state index contributed by atoms with van der Waals surface area (Å²) < 4.78 is 0. The topological polar surface area (TPSA) is 52.0 Å². The van der Waals surface area contributed by atoms with Gasteiger partial charge in [0, 0.05) is 23.9 Å². The van der Waals surface area contributed by atoms with Crippen molar-refractivity contribution in [2.24, 2.45) is 23.3 Å². The van der Waals surface area contributed by atoms with Crippen LogP contribution in [0.1, 0.15) is 23.0 Å². The van der Waals surface area contributed by atoms with E-state index in [1.54, 1.807) is 0 Å². The van der Waals surface area contributed by atoms with E-state index < -0.39 is 0 Å². The van der Waals surface area contributed by atoms with E-state index >= 15 is 0 Å². The van der Waals surface area contributed by atoms with Gasteiger partial charge in [-0.2, -0.15) is 0 Å². The molecule has 2 unspecified atom stereocenters. The van der Waals surface area contributed by atoms with Crippen molar-refractivity contribution in [1.29, 1.82) is 0 Å². The van der Waals surface area contributed by atoms with Crippen LogP contribution >= 0.6 is 0 Å². The first-order chi connectivity index (χ1) is 9.79. The molecule has 6 atom stereocenters. The van der Waals surface area contributed by atoms with Gasteiger partial charge < -0.3 is 11.5 Å². The van der Waals surface area contributed by atoms with Crippen molar-refractivity contribution in [3.8, 4) is 0 Å². The third-order valence-corrected chi connectivity index (χ3v) is 5.08. The normalized spacial score (nSPS) is 38.5. The molecule has 0 aromatic heterocycles. The van der Waals surface area contributed by atoms with Gasteiger partial charge in [0.1, 0.15) is 0 Å². The predicted octanol–water partition coefficient (Wildman–Crippen LogP) is 2.47. The summed E-state index contributed by atoms with van der Waals surface area (Å²) >= 11 is 0. The first kappa shape index (κ1) is 12.1. The smallest absolute Gasteiger partial charge is 0.0150 e. The Kier molecular flexibility index (Phi) is 2.69. The average Bonchev–Trinajstić information content (AvgIpc) is 3.36. The molecule has 4 rings (SSSR count). The molecule has 0 spiro atoms. The summed E-state index contributed by atoms with van der Waals surface area (Å²) in [5.74, 6) is 2.11. The highest BCUT2D eigenvalue weighted by atomic mass is 14.9. The summed E-state index contributed by atoms with van der Waals surface area (Å²) in [6, 6.07) is 21.8. The minimum atomic E-state index is 0.280. The van der Waals surface area contributed by atoms with Crippen LogP contribution in [0.4, 0.5) is 0 Å². The van der Waals surface area contributed by atoms with E-state index in [0.717, 1.165) is 0 Å². The van der Waals surface area contributed by atoms with Gasteiger partial charge in [0.25, 0.3) is 0 Å². The Morgan fingerprint density at radius 2 is 0.900 bits per heavy atom. The third kappa shape index (κ3) is 1.80. The SMILES string of the molecule is N[C@@H]1C(C2[C@H](N)[C@H]2c2ccccc2)[C@H]1c1ccccc1. The van der Waals surface area contributed by atoms with Gasteiger partial charge in [0.15, 0.2) is 0 Å². The monoisotopic (exact) mass is 264 g/mol. The molecule has 2 fully saturated rings. The zero-order valence-corrected chi connectivity index (χ0v) is 11.4. The zero-order valence-electron chi connectivity index (χ0n) is 11.4. The van der Waals surface area contributed by atoms with E-state index in [1.165, 1.54) is 11.1 Å². The summed E-state index contributed by atoms with van der Waals surface area (Å²) in [7, 11) is 0. The van der Waals surface area contributed by atoms with Crippen LogP contribution in [-0.2, 0) is 0 Å². The van der Waals surface area contributed by atoms with Crippen LogP contribution in [0.25, 0.3) is 0 Å². The molecule has 0 radical (unpaired) electrons. The van der Waals surface area contributed by atoms with Gasteiger partial charge in [-0.25, -0.2) is 0 Å². The van der Waals surface area contributed by atoms with E-state index in [2.05, 4.69) is 60.7 Å². The van der Waals surface area contributed by atoms with E-state index in [0.29, 0.717) is 23.7 Å². The van der Waals surface area contributed by atoms with Gasteiger partial charge in [-0.15, -0.1) is 0 Å². The Labute approximate surface area is 119 Å². The van der Waals surface area contributed by atoms with Crippen molar-refractivity contribution in [2.75, 3.05) is 0 Å². The van der Waals surface area contributed by atoms with Gasteiger partial charge in [-0.05, 0) is 23.0 Å². The third-order valence-electron chi connectivity index (χ3n) is 5.08. The van der Waals surface area contributed by atoms with Gasteiger partial charge in [0.2, 0.25) is 0 Å². The van der Waals surface area contributed by atoms with E-state index in [1.807, 2.05) is 0 Å². The predicted molar refractivity (Wildman–Crippen MR) is 81.3 cm³/mol. The second-order valence-corrected chi connectivity index (χ2v) is 6.18. The molecular formula is C18H20N2. The quantitative estimate of drug-likeness (QED) is 0.894. The number of nitrogens with two attached hydrogens (primary N) is 2. The molecule has 0 bridgehead atoms. The molecule has 20 heavy (non-hydrogen) atoms. The van der Waals surface area contributed by atoms with E-state index in [9.17, 15) is 0 Å². The average molecular weight is 264 g/mol. The van der Waals surface area contributed by atoms with Gasteiger partial charge in [-0.3, -0.25) is 0 Å². The van der Waals surface area contributed by atoms with Crippen molar-refractivity contribution < 1.29 is 0 Å². The van der Waals surface area contributed by atoms with Crippen LogP contribution in [0.15, 0.2) is 60.7 Å². The number of hydrogen-bond acceptors (Lipinski definition) is 2. The first-order valence-electron chi connectivity index (χ1n) is 7.40. The van der Waals surface area contributed by atoms with Crippen molar-refractivity contribution in [3.05, 3.63) is 71.8 Å². The minimum Gasteiger partial charge on any atom is -0.327 e. The Balaban J connectivity index is 1.53. The van der Waals surface area contributed by atoms with Crippen LogP contribution in [0.5, 0.6) is 0 Å². The summed E-state index contributed by atoms with van der Waals surface area (Å²) in [6.07, 6.45) is 0. The maximum atomic E-state index is 6.33. The summed E-state index contributed by atoms with van der Waals surface area (Å²) in [4.78, 5) is 0. The lowest BCUT2D eigenvalue weighted by Gasteiger charge is -2.00. The molecule has 2 aromatic carbocycles. The Bertz CT molecular complexity index is 540. The fraction of sp³-hybridized carbons (Fsp3) is 0.333. The Morgan fingerprint density at radius 1 is 0.550 bits per heavy atom. The van der Waals surface area contributed by atoms with Gasteiger partial charge >= 0.3 is 0 Å². The van der Waals surface area contributed by atoms with Crippen LogP contribution in [-0.4, -0.2) is 12.1 Å². The summed E-state index contributed by atoms with van der Waals surface area (Å²) in [6.45, 7) is 0. The number of hydrogen-bond donors (Lipinski definition) is 2. The first-order valence-corrected chi connectivity index (χ1v) is 7.40. The van der Waals surface area contributed by atoms with Crippen LogP contribution in [0, 0.1) is 11.8 Å². The number of benzene rings is 2.